The van der Waals surface area contributed by atoms with E-state index in [1.807, 2.05) is 0 Å². The van der Waals surface area contributed by atoms with Gasteiger partial charge in [-0.2, -0.15) is 8.42 Å². The Kier molecular flexibility index (Phi) is 4.46. The molecule has 18 heavy (non-hydrogen) atoms. The van der Waals surface area contributed by atoms with Crippen molar-refractivity contribution in [1.29, 1.82) is 0 Å². The quantitative estimate of drug-likeness (QED) is 0.328. The smallest absolute Gasteiger partial charge is 0.282 e. The van der Waals surface area contributed by atoms with E-state index in [9.17, 15) is 18.5 Å². The summed E-state index contributed by atoms with van der Waals surface area (Å²) in [6.07, 6.45) is 0. The number of rotatable bonds is 2. The molecule has 0 heterocycles. The van der Waals surface area contributed by atoms with Gasteiger partial charge in [-0.3, -0.25) is 14.7 Å². The number of nitro groups is 1. The van der Waals surface area contributed by atoms with Gasteiger partial charge in [0.05, 0.1) is 15.2 Å². The van der Waals surface area contributed by atoms with Gasteiger partial charge in [0.2, 0.25) is 0 Å². The number of nitrogens with zero attached hydrogens (tertiary/aromatic N) is 1. The van der Waals surface area contributed by atoms with E-state index in [4.69, 9.17) is 4.55 Å². The number of non-ortho nitro benzene ring substituents is 1. The van der Waals surface area contributed by atoms with Crippen molar-refractivity contribution < 1.29 is 47.5 Å². The first-order valence-electron chi connectivity index (χ1n) is 4.54. The number of fused-ring (bicyclic) bond motifs is 1. The number of nitro benzene ring substituents is 1. The van der Waals surface area contributed by atoms with Crippen molar-refractivity contribution in [3.63, 3.8) is 0 Å². The Hall–Kier alpha value is -0.990. The summed E-state index contributed by atoms with van der Waals surface area (Å²) in [6, 6.07) is 8.09. The zero-order chi connectivity index (χ0) is 12.6. The Labute approximate surface area is 125 Å². The third kappa shape index (κ3) is 2.88. The zero-order valence-electron chi connectivity index (χ0n) is 9.40. The van der Waals surface area contributed by atoms with E-state index in [2.05, 4.69) is 0 Å². The second kappa shape index (κ2) is 5.33. The van der Waals surface area contributed by atoms with E-state index in [-0.39, 0.29) is 45.5 Å². The normalized spacial score (nSPS) is 10.9. The van der Waals surface area contributed by atoms with Gasteiger partial charge >= 0.3 is 29.6 Å². The molecule has 8 heteroatoms. The van der Waals surface area contributed by atoms with Gasteiger partial charge in [0, 0.05) is 6.07 Å². The van der Waals surface area contributed by atoms with E-state index in [0.717, 1.165) is 6.07 Å². The van der Waals surface area contributed by atoms with Crippen molar-refractivity contribution in [2.24, 2.45) is 0 Å². The van der Waals surface area contributed by atoms with Crippen LogP contribution in [-0.2, 0) is 10.1 Å². The largest absolute Gasteiger partial charge is 1.00 e. The minimum Gasteiger partial charge on any atom is -0.282 e. The van der Waals surface area contributed by atoms with Gasteiger partial charge in [0.1, 0.15) is 0 Å². The molecule has 0 saturated carbocycles. The molecule has 0 amide bonds. The molecule has 88 valence electrons. The van der Waals surface area contributed by atoms with E-state index in [1.54, 1.807) is 6.07 Å². The Bertz CT molecular complexity index is 713. The van der Waals surface area contributed by atoms with Crippen LogP contribution in [0.1, 0.15) is 0 Å². The second-order valence-electron chi connectivity index (χ2n) is 3.39. The van der Waals surface area contributed by atoms with Crippen molar-refractivity contribution in [2.75, 3.05) is 0 Å². The maximum absolute atomic E-state index is 10.9. The van der Waals surface area contributed by atoms with E-state index < -0.39 is 15.0 Å². The van der Waals surface area contributed by atoms with Crippen LogP contribution in [-0.4, -0.2) is 17.9 Å². The van der Waals surface area contributed by atoms with Gasteiger partial charge < -0.3 is 0 Å². The van der Waals surface area contributed by atoms with E-state index in [0.29, 0.717) is 5.39 Å². The molecular formula is C10H7NNaO5S+. The van der Waals surface area contributed by atoms with Gasteiger partial charge in [-0.05, 0) is 17.5 Å². The Morgan fingerprint density at radius 1 is 1.17 bits per heavy atom. The summed E-state index contributed by atoms with van der Waals surface area (Å²) in [5.41, 5.74) is -0.201. The third-order valence-electron chi connectivity index (χ3n) is 2.33. The molecule has 0 unspecified atom stereocenters. The summed E-state index contributed by atoms with van der Waals surface area (Å²) in [7, 11) is -4.36. The summed E-state index contributed by atoms with van der Waals surface area (Å²) in [4.78, 5) is 9.81. The Balaban J connectivity index is 0.00000162. The van der Waals surface area contributed by atoms with Crippen molar-refractivity contribution in [3.05, 3.63) is 46.5 Å². The average molecular weight is 276 g/mol. The summed E-state index contributed by atoms with van der Waals surface area (Å²) in [5.74, 6) is 0. The van der Waals surface area contributed by atoms with Crippen LogP contribution in [0.15, 0.2) is 41.3 Å². The average Bonchev–Trinajstić information content (AvgIpc) is 2.26. The van der Waals surface area contributed by atoms with Gasteiger partial charge in [-0.25, -0.2) is 0 Å². The van der Waals surface area contributed by atoms with E-state index >= 15 is 0 Å². The van der Waals surface area contributed by atoms with Crippen LogP contribution in [0.2, 0.25) is 0 Å². The van der Waals surface area contributed by atoms with Gasteiger partial charge in [-0.1, -0.05) is 18.2 Å². The molecular weight excluding hydrogens is 269 g/mol. The topological polar surface area (TPSA) is 97.5 Å². The maximum Gasteiger partial charge on any atom is 1.00 e. The fourth-order valence-corrected chi connectivity index (χ4v) is 2.06. The summed E-state index contributed by atoms with van der Waals surface area (Å²) in [5, 5.41) is 11.5. The predicted molar refractivity (Wildman–Crippen MR) is 60.4 cm³/mol. The molecule has 0 spiro atoms. The van der Waals surface area contributed by atoms with Crippen molar-refractivity contribution in [3.8, 4) is 0 Å². The molecule has 2 aromatic rings. The van der Waals surface area contributed by atoms with Crippen molar-refractivity contribution in [2.45, 2.75) is 4.90 Å². The second-order valence-corrected chi connectivity index (χ2v) is 4.81. The molecule has 0 aliphatic heterocycles. The van der Waals surface area contributed by atoms with Gasteiger partial charge in [-0.15, -0.1) is 0 Å². The van der Waals surface area contributed by atoms with Gasteiger partial charge in [0.25, 0.3) is 15.8 Å². The first-order chi connectivity index (χ1) is 7.89. The van der Waals surface area contributed by atoms with Crippen LogP contribution < -0.4 is 29.6 Å². The minimum absolute atomic E-state index is 0. The Morgan fingerprint density at radius 2 is 1.83 bits per heavy atom. The fraction of sp³-hybridized carbons (Fsp3) is 0. The van der Waals surface area contributed by atoms with Crippen LogP contribution in [0.4, 0.5) is 5.69 Å². The van der Waals surface area contributed by atoms with Crippen LogP contribution in [0.25, 0.3) is 10.8 Å². The molecule has 0 saturated heterocycles. The van der Waals surface area contributed by atoms with Crippen LogP contribution in [0.3, 0.4) is 0 Å². The summed E-state index contributed by atoms with van der Waals surface area (Å²) < 4.78 is 30.8. The Morgan fingerprint density at radius 3 is 2.39 bits per heavy atom. The van der Waals surface area contributed by atoms with Crippen LogP contribution >= 0.6 is 0 Å². The molecule has 0 aliphatic rings. The molecule has 2 rings (SSSR count). The number of benzene rings is 2. The van der Waals surface area contributed by atoms with Crippen molar-refractivity contribution in [1.82, 2.24) is 0 Å². The summed E-state index contributed by atoms with van der Waals surface area (Å²) in [6.45, 7) is 0. The molecule has 0 radical (unpaired) electrons. The van der Waals surface area contributed by atoms with Crippen LogP contribution in [0, 0.1) is 10.1 Å². The number of hydrogen-bond donors (Lipinski definition) is 1. The SMILES string of the molecule is O=[N+]([O-])c1cccc2ccc(S(=O)(=O)O)cc12.[Na+]. The molecule has 1 N–H and O–H groups in total. The molecule has 0 fully saturated rings. The molecule has 2 aromatic carbocycles. The summed E-state index contributed by atoms with van der Waals surface area (Å²) >= 11 is 0. The third-order valence-corrected chi connectivity index (χ3v) is 3.17. The van der Waals surface area contributed by atoms with Crippen LogP contribution in [0.5, 0.6) is 0 Å². The van der Waals surface area contributed by atoms with Gasteiger partial charge in [0.15, 0.2) is 0 Å². The number of hydrogen-bond acceptors (Lipinski definition) is 4. The monoisotopic (exact) mass is 276 g/mol. The minimum atomic E-state index is -4.36. The predicted octanol–water partition coefficient (Wildman–Crippen LogP) is -1.00. The molecule has 6 nitrogen and oxygen atoms in total. The molecule has 0 bridgehead atoms. The van der Waals surface area contributed by atoms with E-state index in [1.165, 1.54) is 24.3 Å². The maximum atomic E-state index is 10.9. The molecule has 0 atom stereocenters. The standard InChI is InChI=1S/C10H7NO5S.Na/c12-11(13)10-3-1-2-7-4-5-8(6-9(7)10)17(14,15)16;/h1-6H,(H,14,15,16);/q;+1. The first-order valence-corrected chi connectivity index (χ1v) is 5.98. The first kappa shape index (κ1) is 15.1. The zero-order valence-corrected chi connectivity index (χ0v) is 12.2. The molecule has 0 aromatic heterocycles. The van der Waals surface area contributed by atoms with Crippen molar-refractivity contribution >= 4 is 26.6 Å². The fourth-order valence-electron chi connectivity index (χ4n) is 1.55. The molecule has 0 aliphatic carbocycles.